The van der Waals surface area contributed by atoms with Gasteiger partial charge in [-0.25, -0.2) is 0 Å². The summed E-state index contributed by atoms with van der Waals surface area (Å²) in [4.78, 5) is 0. The topological polar surface area (TPSA) is 50.1 Å². The van der Waals surface area contributed by atoms with Crippen LogP contribution in [0.3, 0.4) is 0 Å². The second-order valence-electron chi connectivity index (χ2n) is 4.15. The summed E-state index contributed by atoms with van der Waals surface area (Å²) in [6.45, 7) is 2.69. The minimum atomic E-state index is 0.163. The zero-order valence-corrected chi connectivity index (χ0v) is 10.1. The van der Waals surface area contributed by atoms with E-state index in [0.29, 0.717) is 12.3 Å². The van der Waals surface area contributed by atoms with E-state index < -0.39 is 0 Å². The fourth-order valence-corrected chi connectivity index (χ4v) is 1.69. The molecule has 0 aliphatic carbocycles. The van der Waals surface area contributed by atoms with Gasteiger partial charge in [0.15, 0.2) is 0 Å². The van der Waals surface area contributed by atoms with Gasteiger partial charge in [-0.15, -0.1) is 0 Å². The molecule has 1 unspecified atom stereocenters. The predicted molar refractivity (Wildman–Crippen MR) is 66.6 cm³/mol. The van der Waals surface area contributed by atoms with E-state index in [4.69, 9.17) is 0 Å². The number of phenols is 1. The first-order chi connectivity index (χ1) is 8.16. The SMILES string of the molecule is CC(NCc1ccccc1O)c1ccn(C)n1. The second kappa shape index (κ2) is 5.01. The van der Waals surface area contributed by atoms with E-state index >= 15 is 0 Å². The van der Waals surface area contributed by atoms with Crippen molar-refractivity contribution in [2.75, 3.05) is 0 Å². The maximum atomic E-state index is 9.64. The third-order valence-electron chi connectivity index (χ3n) is 2.77. The van der Waals surface area contributed by atoms with Crippen LogP contribution in [-0.4, -0.2) is 14.9 Å². The van der Waals surface area contributed by atoms with E-state index in [0.717, 1.165) is 11.3 Å². The molecule has 2 aromatic rings. The molecule has 0 saturated carbocycles. The van der Waals surface area contributed by atoms with E-state index in [1.807, 2.05) is 37.5 Å². The maximum absolute atomic E-state index is 9.64. The first-order valence-corrected chi connectivity index (χ1v) is 5.66. The van der Waals surface area contributed by atoms with Gasteiger partial charge in [-0.3, -0.25) is 4.68 Å². The molecule has 0 spiro atoms. The van der Waals surface area contributed by atoms with Gasteiger partial charge >= 0.3 is 0 Å². The van der Waals surface area contributed by atoms with Crippen molar-refractivity contribution in [2.45, 2.75) is 19.5 Å². The smallest absolute Gasteiger partial charge is 0.120 e. The first-order valence-electron chi connectivity index (χ1n) is 5.66. The second-order valence-corrected chi connectivity index (χ2v) is 4.15. The van der Waals surface area contributed by atoms with Crippen LogP contribution in [0.15, 0.2) is 36.5 Å². The highest BCUT2D eigenvalue weighted by Crippen LogP contribution is 2.17. The van der Waals surface area contributed by atoms with Gasteiger partial charge < -0.3 is 10.4 Å². The molecule has 17 heavy (non-hydrogen) atoms. The van der Waals surface area contributed by atoms with Crippen molar-refractivity contribution < 1.29 is 5.11 Å². The normalized spacial score (nSPS) is 12.6. The lowest BCUT2D eigenvalue weighted by molar-refractivity contribution is 0.459. The zero-order chi connectivity index (χ0) is 12.3. The lowest BCUT2D eigenvalue weighted by Crippen LogP contribution is -2.18. The van der Waals surface area contributed by atoms with Crippen molar-refractivity contribution in [1.82, 2.24) is 15.1 Å². The number of phenolic OH excluding ortho intramolecular Hbond substituents is 1. The van der Waals surface area contributed by atoms with Gasteiger partial charge in [0.1, 0.15) is 5.75 Å². The van der Waals surface area contributed by atoms with Crippen LogP contribution in [-0.2, 0) is 13.6 Å². The highest BCUT2D eigenvalue weighted by atomic mass is 16.3. The quantitative estimate of drug-likeness (QED) is 0.846. The summed E-state index contributed by atoms with van der Waals surface area (Å²) in [5.41, 5.74) is 1.90. The lowest BCUT2D eigenvalue weighted by Gasteiger charge is -2.12. The Morgan fingerprint density at radius 1 is 1.35 bits per heavy atom. The summed E-state index contributed by atoms with van der Waals surface area (Å²) in [5, 5.41) is 17.3. The summed E-state index contributed by atoms with van der Waals surface area (Å²) in [7, 11) is 1.90. The number of aromatic hydroxyl groups is 1. The fraction of sp³-hybridized carbons (Fsp3) is 0.308. The molecule has 0 aliphatic heterocycles. The van der Waals surface area contributed by atoms with Crippen LogP contribution >= 0.6 is 0 Å². The summed E-state index contributed by atoms with van der Waals surface area (Å²) < 4.78 is 1.79. The number of para-hydroxylation sites is 1. The molecule has 0 radical (unpaired) electrons. The molecule has 1 aromatic heterocycles. The molecule has 0 amide bonds. The number of rotatable bonds is 4. The molecule has 0 fully saturated rings. The van der Waals surface area contributed by atoms with Crippen molar-refractivity contribution >= 4 is 0 Å². The Balaban J connectivity index is 1.97. The van der Waals surface area contributed by atoms with Crippen molar-refractivity contribution in [3.63, 3.8) is 0 Å². The van der Waals surface area contributed by atoms with Crippen molar-refractivity contribution in [3.05, 3.63) is 47.8 Å². The third-order valence-corrected chi connectivity index (χ3v) is 2.77. The van der Waals surface area contributed by atoms with Crippen molar-refractivity contribution in [1.29, 1.82) is 0 Å². The number of nitrogens with one attached hydrogen (secondary N) is 1. The Bertz CT molecular complexity index is 493. The molecule has 4 heteroatoms. The largest absolute Gasteiger partial charge is 0.508 e. The highest BCUT2D eigenvalue weighted by molar-refractivity contribution is 5.31. The van der Waals surface area contributed by atoms with Crippen molar-refractivity contribution in [3.8, 4) is 5.75 Å². The molecule has 4 nitrogen and oxygen atoms in total. The van der Waals surface area contributed by atoms with E-state index in [2.05, 4.69) is 17.3 Å². The first kappa shape index (κ1) is 11.7. The summed E-state index contributed by atoms with van der Waals surface area (Å²) >= 11 is 0. The molecule has 1 atom stereocenters. The molecule has 2 N–H and O–H groups in total. The molecule has 90 valence electrons. The van der Waals surface area contributed by atoms with Crippen LogP contribution in [0, 0.1) is 0 Å². The molecule has 1 heterocycles. The van der Waals surface area contributed by atoms with Crippen LogP contribution in [0.2, 0.25) is 0 Å². The molecular formula is C13H17N3O. The molecule has 0 aliphatic rings. The van der Waals surface area contributed by atoms with Gasteiger partial charge in [-0.05, 0) is 19.1 Å². The van der Waals surface area contributed by atoms with E-state index in [1.54, 1.807) is 10.7 Å². The highest BCUT2D eigenvalue weighted by Gasteiger charge is 2.08. The molecule has 1 aromatic carbocycles. The Labute approximate surface area is 101 Å². The number of hydrogen-bond acceptors (Lipinski definition) is 3. The van der Waals surface area contributed by atoms with Gasteiger partial charge in [-0.1, -0.05) is 18.2 Å². The maximum Gasteiger partial charge on any atom is 0.120 e. The van der Waals surface area contributed by atoms with Gasteiger partial charge in [-0.2, -0.15) is 5.10 Å². The number of aromatic nitrogens is 2. The summed E-state index contributed by atoms with van der Waals surface area (Å²) in [5.74, 6) is 0.327. The Morgan fingerprint density at radius 3 is 2.76 bits per heavy atom. The van der Waals surface area contributed by atoms with Gasteiger partial charge in [0.25, 0.3) is 0 Å². The van der Waals surface area contributed by atoms with Gasteiger partial charge in [0.05, 0.1) is 5.69 Å². The molecule has 0 bridgehead atoms. The molecular weight excluding hydrogens is 214 g/mol. The van der Waals surface area contributed by atoms with Gasteiger partial charge in [0, 0.05) is 31.4 Å². The van der Waals surface area contributed by atoms with Crippen LogP contribution < -0.4 is 5.32 Å². The average molecular weight is 231 g/mol. The predicted octanol–water partition coefficient (Wildman–Crippen LogP) is 1.98. The Kier molecular flexibility index (Phi) is 3.44. The van der Waals surface area contributed by atoms with E-state index in [9.17, 15) is 5.11 Å². The Morgan fingerprint density at radius 2 is 2.12 bits per heavy atom. The van der Waals surface area contributed by atoms with E-state index in [-0.39, 0.29) is 6.04 Å². The summed E-state index contributed by atoms with van der Waals surface area (Å²) in [6, 6.07) is 9.50. The van der Waals surface area contributed by atoms with Crippen LogP contribution in [0.25, 0.3) is 0 Å². The van der Waals surface area contributed by atoms with Crippen LogP contribution in [0.1, 0.15) is 24.2 Å². The minimum absolute atomic E-state index is 0.163. The van der Waals surface area contributed by atoms with Crippen LogP contribution in [0.5, 0.6) is 5.75 Å². The number of benzene rings is 1. The minimum Gasteiger partial charge on any atom is -0.508 e. The fourth-order valence-electron chi connectivity index (χ4n) is 1.69. The standard InChI is InChI=1S/C13H17N3O/c1-10(12-7-8-16(2)15-12)14-9-11-5-3-4-6-13(11)17/h3-8,10,14,17H,9H2,1-2H3. The third kappa shape index (κ3) is 2.85. The molecule has 2 rings (SSSR count). The average Bonchev–Trinajstić information content (AvgIpc) is 2.74. The molecule has 0 saturated heterocycles. The zero-order valence-electron chi connectivity index (χ0n) is 10.1. The summed E-state index contributed by atoms with van der Waals surface area (Å²) in [6.07, 6.45) is 1.92. The van der Waals surface area contributed by atoms with E-state index in [1.165, 1.54) is 0 Å². The number of nitrogens with zero attached hydrogens (tertiary/aromatic N) is 2. The van der Waals surface area contributed by atoms with Crippen LogP contribution in [0.4, 0.5) is 0 Å². The monoisotopic (exact) mass is 231 g/mol. The number of aryl methyl sites for hydroxylation is 1. The lowest BCUT2D eigenvalue weighted by atomic mass is 10.1. The van der Waals surface area contributed by atoms with Crippen molar-refractivity contribution in [2.24, 2.45) is 7.05 Å². The van der Waals surface area contributed by atoms with Gasteiger partial charge in [0.2, 0.25) is 0 Å². The Hall–Kier alpha value is -1.81. The number of hydrogen-bond donors (Lipinski definition) is 2.